The Kier molecular flexibility index (Phi) is 2.31. The van der Waals surface area contributed by atoms with Crippen molar-refractivity contribution in [3.8, 4) is 0 Å². The SMILES string of the molecule is Cc1ccc(C2NC(C)(C)CNC2=O)o1. The van der Waals surface area contributed by atoms with Crippen molar-refractivity contribution in [1.29, 1.82) is 0 Å². The molecular weight excluding hydrogens is 192 g/mol. The summed E-state index contributed by atoms with van der Waals surface area (Å²) >= 11 is 0. The van der Waals surface area contributed by atoms with E-state index < -0.39 is 0 Å². The molecular formula is C11H16N2O2. The van der Waals surface area contributed by atoms with Crippen LogP contribution < -0.4 is 10.6 Å². The average Bonchev–Trinajstić information content (AvgIpc) is 2.56. The Balaban J connectivity index is 2.23. The smallest absolute Gasteiger partial charge is 0.245 e. The molecule has 2 rings (SSSR count). The van der Waals surface area contributed by atoms with Gasteiger partial charge in [-0.2, -0.15) is 0 Å². The number of carbonyl (C=O) groups excluding carboxylic acids is 1. The molecule has 82 valence electrons. The number of hydrogen-bond donors (Lipinski definition) is 2. The van der Waals surface area contributed by atoms with Crippen molar-refractivity contribution < 1.29 is 9.21 Å². The van der Waals surface area contributed by atoms with E-state index in [1.807, 2.05) is 19.1 Å². The van der Waals surface area contributed by atoms with Gasteiger partial charge < -0.3 is 9.73 Å². The van der Waals surface area contributed by atoms with Gasteiger partial charge in [0.05, 0.1) is 0 Å². The molecule has 0 bridgehead atoms. The molecule has 1 fully saturated rings. The molecule has 1 amide bonds. The second-order valence-corrected chi connectivity index (χ2v) is 4.63. The fraction of sp³-hybridized carbons (Fsp3) is 0.545. The number of rotatable bonds is 1. The summed E-state index contributed by atoms with van der Waals surface area (Å²) < 4.78 is 5.46. The summed E-state index contributed by atoms with van der Waals surface area (Å²) in [6.07, 6.45) is 0. The van der Waals surface area contributed by atoms with Gasteiger partial charge in [-0.25, -0.2) is 0 Å². The van der Waals surface area contributed by atoms with Crippen molar-refractivity contribution in [1.82, 2.24) is 10.6 Å². The van der Waals surface area contributed by atoms with Crippen molar-refractivity contribution in [2.75, 3.05) is 6.54 Å². The first-order chi connectivity index (χ1) is 6.98. The van der Waals surface area contributed by atoms with Crippen LogP contribution >= 0.6 is 0 Å². The number of hydrogen-bond acceptors (Lipinski definition) is 3. The maximum absolute atomic E-state index is 11.7. The normalized spacial score (nSPS) is 25.0. The van der Waals surface area contributed by atoms with Crippen molar-refractivity contribution in [2.45, 2.75) is 32.4 Å². The van der Waals surface area contributed by atoms with Crippen molar-refractivity contribution in [3.63, 3.8) is 0 Å². The van der Waals surface area contributed by atoms with E-state index in [2.05, 4.69) is 24.5 Å². The van der Waals surface area contributed by atoms with E-state index >= 15 is 0 Å². The quantitative estimate of drug-likeness (QED) is 0.727. The summed E-state index contributed by atoms with van der Waals surface area (Å²) in [5, 5.41) is 6.13. The molecule has 1 atom stereocenters. The number of furan rings is 1. The number of aryl methyl sites for hydroxylation is 1. The summed E-state index contributed by atoms with van der Waals surface area (Å²) in [6.45, 7) is 6.61. The van der Waals surface area contributed by atoms with E-state index in [-0.39, 0.29) is 17.5 Å². The van der Waals surface area contributed by atoms with Crippen LogP contribution in [0.25, 0.3) is 0 Å². The molecule has 15 heavy (non-hydrogen) atoms. The zero-order chi connectivity index (χ0) is 11.1. The summed E-state index contributed by atoms with van der Waals surface area (Å²) in [6, 6.07) is 3.34. The van der Waals surface area contributed by atoms with Crippen molar-refractivity contribution >= 4 is 5.91 Å². The monoisotopic (exact) mass is 208 g/mol. The van der Waals surface area contributed by atoms with Gasteiger partial charge >= 0.3 is 0 Å². The molecule has 0 radical (unpaired) electrons. The highest BCUT2D eigenvalue weighted by Crippen LogP contribution is 2.22. The minimum atomic E-state index is -0.373. The van der Waals surface area contributed by atoms with Gasteiger partial charge in [-0.15, -0.1) is 0 Å². The molecule has 1 unspecified atom stereocenters. The maximum atomic E-state index is 11.7. The predicted molar refractivity (Wildman–Crippen MR) is 56.4 cm³/mol. The van der Waals surface area contributed by atoms with Crippen LogP contribution in [0.15, 0.2) is 16.5 Å². The molecule has 4 heteroatoms. The Hall–Kier alpha value is -1.29. The number of amides is 1. The minimum absolute atomic E-state index is 0.0244. The van der Waals surface area contributed by atoms with Gasteiger partial charge in [0, 0.05) is 12.1 Å². The molecule has 2 N–H and O–H groups in total. The Morgan fingerprint density at radius 3 is 2.80 bits per heavy atom. The van der Waals surface area contributed by atoms with Crippen LogP contribution in [0, 0.1) is 6.92 Å². The second kappa shape index (κ2) is 3.38. The fourth-order valence-corrected chi connectivity index (χ4v) is 1.73. The second-order valence-electron chi connectivity index (χ2n) is 4.63. The van der Waals surface area contributed by atoms with E-state index in [9.17, 15) is 4.79 Å². The van der Waals surface area contributed by atoms with Crippen LogP contribution in [0.1, 0.15) is 31.4 Å². The summed E-state index contributed by atoms with van der Waals surface area (Å²) in [5.74, 6) is 1.48. The van der Waals surface area contributed by atoms with Crippen molar-refractivity contribution in [2.24, 2.45) is 0 Å². The summed E-state index contributed by atoms with van der Waals surface area (Å²) in [7, 11) is 0. The lowest BCUT2D eigenvalue weighted by Crippen LogP contribution is -2.59. The van der Waals surface area contributed by atoms with Gasteiger partial charge in [-0.3, -0.25) is 10.1 Å². The van der Waals surface area contributed by atoms with Crippen LogP contribution in [0.2, 0.25) is 0 Å². The number of carbonyl (C=O) groups is 1. The number of piperazine rings is 1. The molecule has 1 aliphatic rings. The van der Waals surface area contributed by atoms with Gasteiger partial charge in [0.15, 0.2) is 0 Å². The first kappa shape index (κ1) is 10.2. The van der Waals surface area contributed by atoms with Gasteiger partial charge in [-0.1, -0.05) is 0 Å². The Labute approximate surface area is 89.0 Å². The Morgan fingerprint density at radius 2 is 2.20 bits per heavy atom. The first-order valence-electron chi connectivity index (χ1n) is 5.10. The summed E-state index contributed by atoms with van der Waals surface area (Å²) in [4.78, 5) is 11.7. The zero-order valence-electron chi connectivity index (χ0n) is 9.26. The molecule has 0 aromatic carbocycles. The van der Waals surface area contributed by atoms with Gasteiger partial charge in [0.25, 0.3) is 0 Å². The van der Waals surface area contributed by atoms with Crippen LogP contribution in [0.4, 0.5) is 0 Å². The zero-order valence-corrected chi connectivity index (χ0v) is 9.26. The third-order valence-corrected chi connectivity index (χ3v) is 2.55. The third kappa shape index (κ3) is 2.04. The minimum Gasteiger partial charge on any atom is -0.464 e. The highest BCUT2D eigenvalue weighted by atomic mass is 16.3. The molecule has 1 aromatic rings. The van der Waals surface area contributed by atoms with E-state index in [1.54, 1.807) is 0 Å². The third-order valence-electron chi connectivity index (χ3n) is 2.55. The van der Waals surface area contributed by atoms with E-state index in [0.717, 1.165) is 5.76 Å². The topological polar surface area (TPSA) is 54.3 Å². The highest BCUT2D eigenvalue weighted by Gasteiger charge is 2.35. The Bertz CT molecular complexity index is 382. The highest BCUT2D eigenvalue weighted by molar-refractivity contribution is 5.83. The predicted octanol–water partition coefficient (Wildman–Crippen LogP) is 1.13. The van der Waals surface area contributed by atoms with Crippen LogP contribution in [0.3, 0.4) is 0 Å². The molecule has 0 aliphatic carbocycles. The van der Waals surface area contributed by atoms with E-state index in [0.29, 0.717) is 12.3 Å². The molecule has 2 heterocycles. The molecule has 1 aliphatic heterocycles. The lowest BCUT2D eigenvalue weighted by Gasteiger charge is -2.35. The lowest BCUT2D eigenvalue weighted by atomic mass is 9.99. The molecule has 1 aromatic heterocycles. The average molecular weight is 208 g/mol. The van der Waals surface area contributed by atoms with Crippen LogP contribution in [0.5, 0.6) is 0 Å². The molecule has 0 saturated carbocycles. The summed E-state index contributed by atoms with van der Waals surface area (Å²) in [5.41, 5.74) is -0.0979. The van der Waals surface area contributed by atoms with E-state index in [1.165, 1.54) is 0 Å². The van der Waals surface area contributed by atoms with Gasteiger partial charge in [-0.05, 0) is 32.9 Å². The maximum Gasteiger partial charge on any atom is 0.245 e. The molecule has 0 spiro atoms. The van der Waals surface area contributed by atoms with E-state index in [4.69, 9.17) is 4.42 Å². The molecule has 4 nitrogen and oxygen atoms in total. The Morgan fingerprint density at radius 1 is 1.47 bits per heavy atom. The van der Waals surface area contributed by atoms with Gasteiger partial charge in [0.2, 0.25) is 5.91 Å². The first-order valence-corrected chi connectivity index (χ1v) is 5.10. The number of nitrogens with one attached hydrogen (secondary N) is 2. The lowest BCUT2D eigenvalue weighted by molar-refractivity contribution is -0.126. The van der Waals surface area contributed by atoms with Crippen LogP contribution in [-0.2, 0) is 4.79 Å². The molecule has 1 saturated heterocycles. The van der Waals surface area contributed by atoms with Crippen molar-refractivity contribution in [3.05, 3.63) is 23.7 Å². The van der Waals surface area contributed by atoms with Gasteiger partial charge in [0.1, 0.15) is 17.6 Å². The standard InChI is InChI=1S/C11H16N2O2/c1-7-4-5-8(15-7)9-10(14)12-6-11(2,3)13-9/h4-5,9,13H,6H2,1-3H3,(H,12,14). The fourth-order valence-electron chi connectivity index (χ4n) is 1.73. The largest absolute Gasteiger partial charge is 0.464 e. The van der Waals surface area contributed by atoms with Crippen LogP contribution in [-0.4, -0.2) is 18.0 Å².